The molecule has 1 saturated heterocycles. The van der Waals surface area contributed by atoms with Gasteiger partial charge in [0.05, 0.1) is 19.1 Å². The molecule has 1 aliphatic heterocycles. The molecule has 0 aliphatic carbocycles. The SMILES string of the molecule is CCC(O)Cc1nc(C2CCOC2)no1. The summed E-state index contributed by atoms with van der Waals surface area (Å²) in [4.78, 5) is 4.26. The Kier molecular flexibility index (Phi) is 3.33. The summed E-state index contributed by atoms with van der Waals surface area (Å²) in [5.74, 6) is 1.50. The van der Waals surface area contributed by atoms with E-state index in [4.69, 9.17) is 9.26 Å². The molecule has 0 saturated carbocycles. The third-order valence-electron chi connectivity index (χ3n) is 2.66. The fourth-order valence-electron chi connectivity index (χ4n) is 1.60. The van der Waals surface area contributed by atoms with Crippen LogP contribution < -0.4 is 0 Å². The van der Waals surface area contributed by atoms with E-state index in [0.717, 1.165) is 13.0 Å². The summed E-state index contributed by atoms with van der Waals surface area (Å²) in [5.41, 5.74) is 0. The van der Waals surface area contributed by atoms with Crippen molar-refractivity contribution in [1.29, 1.82) is 0 Å². The fourth-order valence-corrected chi connectivity index (χ4v) is 1.60. The number of ether oxygens (including phenoxy) is 1. The van der Waals surface area contributed by atoms with Gasteiger partial charge in [-0.1, -0.05) is 12.1 Å². The molecular weight excluding hydrogens is 196 g/mol. The lowest BCUT2D eigenvalue weighted by Gasteiger charge is -2.01. The van der Waals surface area contributed by atoms with E-state index in [2.05, 4.69) is 10.1 Å². The highest BCUT2D eigenvalue weighted by atomic mass is 16.5. The van der Waals surface area contributed by atoms with Gasteiger partial charge in [0, 0.05) is 12.5 Å². The van der Waals surface area contributed by atoms with Crippen LogP contribution in [0.3, 0.4) is 0 Å². The molecular formula is C10H16N2O3. The number of hydrogen-bond donors (Lipinski definition) is 1. The normalized spacial score (nSPS) is 23.2. The van der Waals surface area contributed by atoms with Crippen LogP contribution in [0.2, 0.25) is 0 Å². The van der Waals surface area contributed by atoms with Crippen molar-refractivity contribution in [3.8, 4) is 0 Å². The molecule has 1 aromatic heterocycles. The van der Waals surface area contributed by atoms with Crippen molar-refractivity contribution in [3.05, 3.63) is 11.7 Å². The lowest BCUT2D eigenvalue weighted by atomic mass is 10.1. The van der Waals surface area contributed by atoms with Crippen molar-refractivity contribution in [1.82, 2.24) is 10.1 Å². The Balaban J connectivity index is 1.97. The highest BCUT2D eigenvalue weighted by Gasteiger charge is 2.23. The molecule has 0 spiro atoms. The number of aromatic nitrogens is 2. The summed E-state index contributed by atoms with van der Waals surface area (Å²) in [6.07, 6.45) is 1.70. The first kappa shape index (κ1) is 10.6. The second kappa shape index (κ2) is 4.72. The molecule has 0 bridgehead atoms. The highest BCUT2D eigenvalue weighted by Crippen LogP contribution is 2.22. The average molecular weight is 212 g/mol. The Labute approximate surface area is 88.4 Å². The zero-order chi connectivity index (χ0) is 10.7. The third-order valence-corrected chi connectivity index (χ3v) is 2.66. The quantitative estimate of drug-likeness (QED) is 0.802. The van der Waals surface area contributed by atoms with Crippen LogP contribution in [0.15, 0.2) is 4.52 Å². The molecule has 0 radical (unpaired) electrons. The summed E-state index contributed by atoms with van der Waals surface area (Å²) in [6, 6.07) is 0. The van der Waals surface area contributed by atoms with Crippen LogP contribution in [0.1, 0.15) is 37.4 Å². The fraction of sp³-hybridized carbons (Fsp3) is 0.800. The topological polar surface area (TPSA) is 68.4 Å². The Morgan fingerprint density at radius 1 is 1.60 bits per heavy atom. The van der Waals surface area contributed by atoms with Crippen LogP contribution in [0.25, 0.3) is 0 Å². The van der Waals surface area contributed by atoms with Gasteiger partial charge in [-0.25, -0.2) is 0 Å². The van der Waals surface area contributed by atoms with Crippen LogP contribution >= 0.6 is 0 Å². The molecule has 0 aromatic carbocycles. The smallest absolute Gasteiger partial charge is 0.229 e. The monoisotopic (exact) mass is 212 g/mol. The number of hydrogen-bond acceptors (Lipinski definition) is 5. The van der Waals surface area contributed by atoms with Crippen molar-refractivity contribution in [2.75, 3.05) is 13.2 Å². The molecule has 15 heavy (non-hydrogen) atoms. The molecule has 1 aliphatic rings. The predicted molar refractivity (Wildman–Crippen MR) is 52.5 cm³/mol. The minimum Gasteiger partial charge on any atom is -0.393 e. The van der Waals surface area contributed by atoms with E-state index in [9.17, 15) is 5.11 Å². The van der Waals surface area contributed by atoms with Crippen molar-refractivity contribution >= 4 is 0 Å². The predicted octanol–water partition coefficient (Wildman–Crippen LogP) is 0.887. The molecule has 84 valence electrons. The van der Waals surface area contributed by atoms with Gasteiger partial charge in [-0.15, -0.1) is 0 Å². The molecule has 5 heteroatoms. The lowest BCUT2D eigenvalue weighted by Crippen LogP contribution is -2.09. The molecule has 2 rings (SSSR count). The van der Waals surface area contributed by atoms with Gasteiger partial charge in [0.1, 0.15) is 0 Å². The number of rotatable bonds is 4. The van der Waals surface area contributed by atoms with Crippen molar-refractivity contribution in [2.45, 2.75) is 38.2 Å². The van der Waals surface area contributed by atoms with E-state index in [0.29, 0.717) is 31.2 Å². The van der Waals surface area contributed by atoms with Crippen LogP contribution in [0, 0.1) is 0 Å². The first-order valence-corrected chi connectivity index (χ1v) is 5.38. The van der Waals surface area contributed by atoms with Crippen molar-refractivity contribution in [2.24, 2.45) is 0 Å². The second-order valence-corrected chi connectivity index (χ2v) is 3.87. The van der Waals surface area contributed by atoms with Gasteiger partial charge in [-0.2, -0.15) is 4.98 Å². The zero-order valence-corrected chi connectivity index (χ0v) is 8.85. The summed E-state index contributed by atoms with van der Waals surface area (Å²) in [6.45, 7) is 3.37. The van der Waals surface area contributed by atoms with Crippen LogP contribution in [-0.2, 0) is 11.2 Å². The standard InChI is InChI=1S/C10H16N2O3/c1-2-8(13)5-9-11-10(12-15-9)7-3-4-14-6-7/h7-8,13H,2-6H2,1H3. The molecule has 0 amide bonds. The van der Waals surface area contributed by atoms with Gasteiger partial charge >= 0.3 is 0 Å². The molecule has 2 atom stereocenters. The maximum Gasteiger partial charge on any atom is 0.229 e. The van der Waals surface area contributed by atoms with E-state index in [1.54, 1.807) is 0 Å². The summed E-state index contributed by atoms with van der Waals surface area (Å²) < 4.78 is 10.3. The molecule has 1 N–H and O–H groups in total. The van der Waals surface area contributed by atoms with Gasteiger partial charge in [-0.3, -0.25) is 0 Å². The van der Waals surface area contributed by atoms with Gasteiger partial charge in [0.15, 0.2) is 5.82 Å². The zero-order valence-electron chi connectivity index (χ0n) is 8.85. The van der Waals surface area contributed by atoms with Crippen LogP contribution in [0.4, 0.5) is 0 Å². The van der Waals surface area contributed by atoms with E-state index in [1.165, 1.54) is 0 Å². The molecule has 1 aromatic rings. The third kappa shape index (κ3) is 2.54. The van der Waals surface area contributed by atoms with E-state index >= 15 is 0 Å². The molecule has 2 unspecified atom stereocenters. The first-order valence-electron chi connectivity index (χ1n) is 5.38. The Hall–Kier alpha value is -0.940. The van der Waals surface area contributed by atoms with Crippen molar-refractivity contribution in [3.63, 3.8) is 0 Å². The van der Waals surface area contributed by atoms with Gasteiger partial charge in [0.25, 0.3) is 0 Å². The second-order valence-electron chi connectivity index (χ2n) is 3.87. The Bertz CT molecular complexity index is 307. The average Bonchev–Trinajstić information content (AvgIpc) is 2.85. The van der Waals surface area contributed by atoms with E-state index in [1.807, 2.05) is 6.92 Å². The summed E-state index contributed by atoms with van der Waals surface area (Å²) >= 11 is 0. The largest absolute Gasteiger partial charge is 0.393 e. The molecule has 1 fully saturated rings. The number of aliphatic hydroxyl groups excluding tert-OH is 1. The number of nitrogens with zero attached hydrogens (tertiary/aromatic N) is 2. The van der Waals surface area contributed by atoms with Crippen molar-refractivity contribution < 1.29 is 14.4 Å². The highest BCUT2D eigenvalue weighted by molar-refractivity contribution is 4.97. The van der Waals surface area contributed by atoms with Crippen LogP contribution in [0.5, 0.6) is 0 Å². The lowest BCUT2D eigenvalue weighted by molar-refractivity contribution is 0.158. The van der Waals surface area contributed by atoms with Gasteiger partial charge in [0.2, 0.25) is 5.89 Å². The molecule has 2 heterocycles. The molecule has 5 nitrogen and oxygen atoms in total. The minimum atomic E-state index is -0.391. The maximum atomic E-state index is 9.43. The first-order chi connectivity index (χ1) is 7.29. The van der Waals surface area contributed by atoms with Crippen LogP contribution in [-0.4, -0.2) is 34.6 Å². The maximum absolute atomic E-state index is 9.43. The Morgan fingerprint density at radius 2 is 2.47 bits per heavy atom. The van der Waals surface area contributed by atoms with E-state index in [-0.39, 0.29) is 5.92 Å². The van der Waals surface area contributed by atoms with E-state index < -0.39 is 6.10 Å². The summed E-state index contributed by atoms with van der Waals surface area (Å²) in [7, 11) is 0. The Morgan fingerprint density at radius 3 is 3.13 bits per heavy atom. The van der Waals surface area contributed by atoms with Gasteiger partial charge in [-0.05, 0) is 12.8 Å². The number of aliphatic hydroxyl groups is 1. The summed E-state index contributed by atoms with van der Waals surface area (Å²) in [5, 5.41) is 13.3. The minimum absolute atomic E-state index is 0.265. The van der Waals surface area contributed by atoms with Gasteiger partial charge < -0.3 is 14.4 Å².